The van der Waals surface area contributed by atoms with Crippen molar-refractivity contribution < 1.29 is 4.79 Å². The zero-order valence-corrected chi connectivity index (χ0v) is 17.3. The normalized spacial score (nSPS) is 37.2. The van der Waals surface area contributed by atoms with Gasteiger partial charge in [-0.15, -0.1) is 0 Å². The van der Waals surface area contributed by atoms with Crippen LogP contribution in [0.4, 0.5) is 0 Å². The van der Waals surface area contributed by atoms with E-state index in [2.05, 4.69) is 15.6 Å². The van der Waals surface area contributed by atoms with Crippen molar-refractivity contribution >= 4 is 5.91 Å². The maximum atomic E-state index is 13.0. The van der Waals surface area contributed by atoms with Crippen LogP contribution in [0.15, 0.2) is 18.2 Å². The first-order valence-electron chi connectivity index (χ1n) is 11.5. The average Bonchev–Trinajstić information content (AvgIpc) is 2.66. The summed E-state index contributed by atoms with van der Waals surface area (Å²) in [6.07, 6.45) is 14.5. The lowest BCUT2D eigenvalue weighted by Crippen LogP contribution is -2.69. The molecule has 0 spiro atoms. The summed E-state index contributed by atoms with van der Waals surface area (Å²) in [7, 11) is 0. The number of hydrogen-bond donors (Lipinski definition) is 2. The minimum absolute atomic E-state index is 0.0214. The molecule has 28 heavy (non-hydrogen) atoms. The van der Waals surface area contributed by atoms with Gasteiger partial charge in [-0.3, -0.25) is 4.79 Å². The van der Waals surface area contributed by atoms with E-state index in [1.54, 1.807) is 0 Å². The lowest BCUT2D eigenvalue weighted by atomic mass is 9.49. The molecule has 4 bridgehead atoms. The Bertz CT molecular complexity index is 725. The fraction of sp³-hybridized carbons (Fsp3) is 0.750. The third kappa shape index (κ3) is 3.60. The van der Waals surface area contributed by atoms with Crippen molar-refractivity contribution in [3.8, 4) is 0 Å². The smallest absolute Gasteiger partial charge is 0.270 e. The Morgan fingerprint density at radius 3 is 2.50 bits per heavy atom. The molecule has 4 heteroatoms. The predicted molar refractivity (Wildman–Crippen MR) is 111 cm³/mol. The summed E-state index contributed by atoms with van der Waals surface area (Å²) in [5.41, 5.74) is 1.71. The summed E-state index contributed by atoms with van der Waals surface area (Å²) < 4.78 is 0. The van der Waals surface area contributed by atoms with Crippen LogP contribution in [-0.2, 0) is 0 Å². The van der Waals surface area contributed by atoms with Crippen molar-refractivity contribution in [3.05, 3.63) is 29.6 Å². The van der Waals surface area contributed by atoms with E-state index in [4.69, 9.17) is 0 Å². The van der Waals surface area contributed by atoms with Gasteiger partial charge >= 0.3 is 0 Å². The van der Waals surface area contributed by atoms with E-state index in [0.717, 1.165) is 42.7 Å². The largest absolute Gasteiger partial charge is 0.345 e. The van der Waals surface area contributed by atoms with Gasteiger partial charge in [-0.05, 0) is 94.7 Å². The van der Waals surface area contributed by atoms with E-state index in [-0.39, 0.29) is 17.0 Å². The van der Waals surface area contributed by atoms with Crippen LogP contribution in [0.5, 0.6) is 0 Å². The van der Waals surface area contributed by atoms with Crippen molar-refractivity contribution in [2.24, 2.45) is 17.8 Å². The third-order valence-corrected chi connectivity index (χ3v) is 8.05. The minimum Gasteiger partial charge on any atom is -0.345 e. The molecular formula is C24H35N3O. The van der Waals surface area contributed by atoms with Crippen LogP contribution in [-0.4, -0.2) is 28.5 Å². The number of amides is 1. The fourth-order valence-electron chi connectivity index (χ4n) is 7.34. The van der Waals surface area contributed by atoms with Crippen molar-refractivity contribution in [1.29, 1.82) is 0 Å². The molecule has 2 atom stereocenters. The standard InChI is InChI=1S/C24H35N3O/c1-17-6-5-9-21(26-17)22(28)27-24-13-19-10-20(14-24)12-23(11-19,16-24)25-15-18-7-3-2-4-8-18/h5-6,9,18-20,25H,2-4,7-8,10-16H2,1H3,(H,27,28). The van der Waals surface area contributed by atoms with Gasteiger partial charge in [-0.25, -0.2) is 4.98 Å². The van der Waals surface area contributed by atoms with Gasteiger partial charge in [0.05, 0.1) is 0 Å². The summed E-state index contributed by atoms with van der Waals surface area (Å²) in [6, 6.07) is 5.73. The van der Waals surface area contributed by atoms with Gasteiger partial charge in [-0.2, -0.15) is 0 Å². The van der Waals surface area contributed by atoms with Crippen LogP contribution in [0.25, 0.3) is 0 Å². The van der Waals surface area contributed by atoms with E-state index in [1.165, 1.54) is 57.9 Å². The van der Waals surface area contributed by atoms with Crippen molar-refractivity contribution in [2.75, 3.05) is 6.54 Å². The van der Waals surface area contributed by atoms with Gasteiger partial charge in [0, 0.05) is 16.8 Å². The van der Waals surface area contributed by atoms with E-state index in [1.807, 2.05) is 25.1 Å². The highest BCUT2D eigenvalue weighted by Crippen LogP contribution is 2.57. The highest BCUT2D eigenvalue weighted by Gasteiger charge is 2.58. The van der Waals surface area contributed by atoms with Crippen molar-refractivity contribution in [1.82, 2.24) is 15.6 Å². The molecule has 5 aliphatic rings. The summed E-state index contributed by atoms with van der Waals surface area (Å²) >= 11 is 0. The van der Waals surface area contributed by atoms with E-state index in [9.17, 15) is 4.79 Å². The fourth-order valence-corrected chi connectivity index (χ4v) is 7.34. The van der Waals surface area contributed by atoms with Crippen LogP contribution >= 0.6 is 0 Å². The Labute approximate surface area is 169 Å². The van der Waals surface area contributed by atoms with Crippen molar-refractivity contribution in [3.63, 3.8) is 0 Å². The Balaban J connectivity index is 1.30. The summed E-state index contributed by atoms with van der Waals surface area (Å²) in [4.78, 5) is 17.5. The van der Waals surface area contributed by atoms with Gasteiger partial charge in [0.1, 0.15) is 5.69 Å². The van der Waals surface area contributed by atoms with E-state index < -0.39 is 0 Å². The molecule has 1 aromatic rings. The summed E-state index contributed by atoms with van der Waals surface area (Å²) in [5.74, 6) is 2.42. The molecule has 152 valence electrons. The van der Waals surface area contributed by atoms with Crippen molar-refractivity contribution in [2.45, 2.75) is 88.6 Å². The predicted octanol–water partition coefficient (Wildman–Crippen LogP) is 4.38. The second-order valence-electron chi connectivity index (χ2n) is 10.5. The molecule has 0 radical (unpaired) electrons. The summed E-state index contributed by atoms with van der Waals surface area (Å²) in [5, 5.41) is 7.57. The first-order chi connectivity index (χ1) is 13.5. The molecule has 0 aromatic carbocycles. The number of aromatic nitrogens is 1. The highest BCUT2D eigenvalue weighted by atomic mass is 16.2. The first-order valence-corrected chi connectivity index (χ1v) is 11.5. The topological polar surface area (TPSA) is 54.0 Å². The quantitative estimate of drug-likeness (QED) is 0.796. The Morgan fingerprint density at radius 1 is 1.07 bits per heavy atom. The molecule has 2 unspecified atom stereocenters. The lowest BCUT2D eigenvalue weighted by Gasteiger charge is -2.62. The molecular weight excluding hydrogens is 346 g/mol. The van der Waals surface area contributed by atoms with Gasteiger partial charge in [-0.1, -0.05) is 25.3 Å². The molecule has 2 N–H and O–H groups in total. The zero-order valence-electron chi connectivity index (χ0n) is 17.3. The molecule has 1 heterocycles. The van der Waals surface area contributed by atoms with Crippen LogP contribution < -0.4 is 10.6 Å². The molecule has 1 amide bonds. The Hall–Kier alpha value is -1.42. The minimum atomic E-state index is -0.0217. The van der Waals surface area contributed by atoms with Gasteiger partial charge in [0.2, 0.25) is 0 Å². The Kier molecular flexibility index (Phi) is 4.73. The highest BCUT2D eigenvalue weighted by molar-refractivity contribution is 5.92. The molecule has 4 nitrogen and oxygen atoms in total. The van der Waals surface area contributed by atoms with E-state index in [0.29, 0.717) is 5.69 Å². The van der Waals surface area contributed by atoms with Crippen LogP contribution in [0, 0.1) is 24.7 Å². The number of rotatable bonds is 5. The first kappa shape index (κ1) is 18.6. The van der Waals surface area contributed by atoms with Crippen LogP contribution in [0.1, 0.15) is 86.8 Å². The average molecular weight is 382 g/mol. The van der Waals surface area contributed by atoms with Crippen LogP contribution in [0.3, 0.4) is 0 Å². The lowest BCUT2D eigenvalue weighted by molar-refractivity contribution is -0.0500. The Morgan fingerprint density at radius 2 is 1.79 bits per heavy atom. The van der Waals surface area contributed by atoms with E-state index >= 15 is 0 Å². The molecule has 1 aromatic heterocycles. The second kappa shape index (κ2) is 7.12. The van der Waals surface area contributed by atoms with Crippen LogP contribution in [0.2, 0.25) is 0 Å². The molecule has 5 aliphatic carbocycles. The number of carbonyl (C=O) groups excluding carboxylic acids is 1. The number of hydrogen-bond acceptors (Lipinski definition) is 3. The second-order valence-corrected chi connectivity index (χ2v) is 10.5. The molecule has 0 aliphatic heterocycles. The van der Waals surface area contributed by atoms with Gasteiger partial charge in [0.25, 0.3) is 5.91 Å². The van der Waals surface area contributed by atoms with Gasteiger partial charge in [0.15, 0.2) is 0 Å². The number of pyridine rings is 1. The third-order valence-electron chi connectivity index (χ3n) is 8.05. The van der Waals surface area contributed by atoms with Gasteiger partial charge < -0.3 is 10.6 Å². The molecule has 5 saturated carbocycles. The zero-order chi connectivity index (χ0) is 19.2. The number of aryl methyl sites for hydroxylation is 1. The maximum Gasteiger partial charge on any atom is 0.270 e. The SMILES string of the molecule is Cc1cccc(C(=O)NC23CC4CC(CC(NCC5CCCCC5)(C4)C2)C3)n1. The molecule has 0 saturated heterocycles. The molecule has 6 rings (SSSR count). The number of carbonyl (C=O) groups is 1. The number of nitrogens with zero attached hydrogens (tertiary/aromatic N) is 1. The number of nitrogens with one attached hydrogen (secondary N) is 2. The summed E-state index contributed by atoms with van der Waals surface area (Å²) in [6.45, 7) is 3.13. The molecule has 5 fully saturated rings. The monoisotopic (exact) mass is 381 g/mol. The maximum absolute atomic E-state index is 13.0.